The number of nitrogens with one attached hydrogen (secondary N) is 2. The predicted molar refractivity (Wildman–Crippen MR) is 111 cm³/mol. The molecule has 3 N–H and O–H groups in total. The van der Waals surface area contributed by atoms with Gasteiger partial charge in [-0.3, -0.25) is 14.4 Å². The van der Waals surface area contributed by atoms with E-state index in [4.69, 9.17) is 9.84 Å². The van der Waals surface area contributed by atoms with Crippen LogP contribution < -0.4 is 15.4 Å². The number of nitrogens with zero attached hydrogens (tertiary/aromatic N) is 1. The van der Waals surface area contributed by atoms with Gasteiger partial charge in [0.1, 0.15) is 18.9 Å². The Hall–Kier alpha value is -3.81. The fraction of sp³-hybridized carbons (Fsp3) is 0.227. The van der Waals surface area contributed by atoms with Crippen molar-refractivity contribution in [2.45, 2.75) is 19.6 Å². The van der Waals surface area contributed by atoms with Crippen molar-refractivity contribution in [1.29, 1.82) is 0 Å². The minimum Gasteiger partial charge on any atom is -0.489 e. The van der Waals surface area contributed by atoms with Crippen LogP contribution in [0.5, 0.6) is 5.75 Å². The van der Waals surface area contributed by atoms with Crippen molar-refractivity contribution in [3.63, 3.8) is 0 Å². The highest BCUT2D eigenvalue weighted by molar-refractivity contribution is 5.87. The molecule has 1 heterocycles. The van der Waals surface area contributed by atoms with Gasteiger partial charge in [-0.1, -0.05) is 30.3 Å². The smallest absolute Gasteiger partial charge is 0.322 e. The highest BCUT2D eigenvalue weighted by Gasteiger charge is 2.09. The first-order valence-electron chi connectivity index (χ1n) is 9.52. The number of carbonyl (C=O) groups excluding carboxylic acids is 2. The molecular formula is C22H23N3O5. The van der Waals surface area contributed by atoms with Crippen LogP contribution >= 0.6 is 0 Å². The van der Waals surface area contributed by atoms with Crippen molar-refractivity contribution in [2.75, 3.05) is 13.1 Å². The van der Waals surface area contributed by atoms with E-state index in [9.17, 15) is 14.4 Å². The second-order valence-corrected chi connectivity index (χ2v) is 6.70. The summed E-state index contributed by atoms with van der Waals surface area (Å²) in [4.78, 5) is 33.9. The number of carboxylic acids is 1. The van der Waals surface area contributed by atoms with E-state index in [1.807, 2.05) is 65.4 Å². The maximum Gasteiger partial charge on any atom is 0.322 e. The molecule has 0 saturated heterocycles. The molecule has 8 nitrogen and oxygen atoms in total. The Balaban J connectivity index is 1.52. The molecule has 0 spiro atoms. The van der Waals surface area contributed by atoms with Crippen molar-refractivity contribution >= 4 is 28.7 Å². The zero-order valence-corrected chi connectivity index (χ0v) is 16.3. The topological polar surface area (TPSA) is 110 Å². The molecule has 8 heteroatoms. The fourth-order valence-electron chi connectivity index (χ4n) is 2.92. The van der Waals surface area contributed by atoms with Crippen molar-refractivity contribution in [1.82, 2.24) is 15.2 Å². The number of hydrogen-bond acceptors (Lipinski definition) is 4. The number of ether oxygens (including phenoxy) is 1. The SMILES string of the molecule is O=C(O)CNC(=O)CNC(=O)CCn1ccc2ccc(OCc3ccccc3)cc21. The average Bonchev–Trinajstić information content (AvgIpc) is 3.16. The zero-order valence-electron chi connectivity index (χ0n) is 16.3. The summed E-state index contributed by atoms with van der Waals surface area (Å²) in [5.74, 6) is -1.23. The summed E-state index contributed by atoms with van der Waals surface area (Å²) in [6, 6.07) is 17.7. The van der Waals surface area contributed by atoms with Gasteiger partial charge < -0.3 is 25.0 Å². The van der Waals surface area contributed by atoms with E-state index in [-0.39, 0.29) is 18.9 Å². The number of rotatable bonds is 10. The molecule has 30 heavy (non-hydrogen) atoms. The lowest BCUT2D eigenvalue weighted by molar-refractivity contribution is -0.137. The third-order valence-corrected chi connectivity index (χ3v) is 4.46. The first kappa shape index (κ1) is 20.9. The van der Waals surface area contributed by atoms with Crippen molar-refractivity contribution in [2.24, 2.45) is 0 Å². The van der Waals surface area contributed by atoms with Crippen LogP contribution in [0.4, 0.5) is 0 Å². The minimum absolute atomic E-state index is 0.186. The van der Waals surface area contributed by atoms with Gasteiger partial charge in [0, 0.05) is 25.2 Å². The Bertz CT molecular complexity index is 1030. The van der Waals surface area contributed by atoms with Gasteiger partial charge in [0.2, 0.25) is 11.8 Å². The predicted octanol–water partition coefficient (Wildman–Crippen LogP) is 1.93. The number of carboxylic acid groups (broad SMARTS) is 1. The zero-order chi connectivity index (χ0) is 21.3. The Morgan fingerprint density at radius 2 is 1.70 bits per heavy atom. The summed E-state index contributed by atoms with van der Waals surface area (Å²) >= 11 is 0. The quantitative estimate of drug-likeness (QED) is 0.474. The summed E-state index contributed by atoms with van der Waals surface area (Å²) in [7, 11) is 0. The number of aliphatic carboxylic acids is 1. The van der Waals surface area contributed by atoms with Crippen LogP contribution in [0.15, 0.2) is 60.8 Å². The Kier molecular flexibility index (Phi) is 7.05. The molecule has 0 fully saturated rings. The normalized spacial score (nSPS) is 10.5. The third kappa shape index (κ3) is 6.10. The van der Waals surface area contributed by atoms with Gasteiger partial charge >= 0.3 is 5.97 Å². The van der Waals surface area contributed by atoms with Crippen molar-refractivity contribution in [3.05, 3.63) is 66.4 Å². The third-order valence-electron chi connectivity index (χ3n) is 4.46. The van der Waals surface area contributed by atoms with Gasteiger partial charge in [-0.15, -0.1) is 0 Å². The van der Waals surface area contributed by atoms with E-state index in [0.717, 1.165) is 22.2 Å². The second-order valence-electron chi connectivity index (χ2n) is 6.70. The van der Waals surface area contributed by atoms with E-state index in [1.54, 1.807) is 0 Å². The van der Waals surface area contributed by atoms with Crippen LogP contribution in [0, 0.1) is 0 Å². The summed E-state index contributed by atoms with van der Waals surface area (Å²) in [6.07, 6.45) is 2.09. The highest BCUT2D eigenvalue weighted by atomic mass is 16.5. The van der Waals surface area contributed by atoms with Crippen LogP contribution in [0.25, 0.3) is 10.9 Å². The van der Waals surface area contributed by atoms with Crippen LogP contribution in [-0.2, 0) is 27.5 Å². The molecule has 2 aromatic carbocycles. The molecular weight excluding hydrogens is 386 g/mol. The second kappa shape index (κ2) is 10.1. The van der Waals surface area contributed by atoms with Crippen LogP contribution in [0.2, 0.25) is 0 Å². The lowest BCUT2D eigenvalue weighted by Crippen LogP contribution is -2.39. The molecule has 2 amide bonds. The number of hydrogen-bond donors (Lipinski definition) is 3. The highest BCUT2D eigenvalue weighted by Crippen LogP contribution is 2.23. The number of benzene rings is 2. The van der Waals surface area contributed by atoms with Crippen LogP contribution in [0.3, 0.4) is 0 Å². The molecule has 0 aliphatic heterocycles. The van der Waals surface area contributed by atoms with Gasteiger partial charge in [0.05, 0.1) is 12.1 Å². The van der Waals surface area contributed by atoms with Crippen molar-refractivity contribution in [3.8, 4) is 5.75 Å². The van der Waals surface area contributed by atoms with E-state index in [0.29, 0.717) is 13.2 Å². The number of aromatic nitrogens is 1. The molecule has 0 atom stereocenters. The Morgan fingerprint density at radius 1 is 0.933 bits per heavy atom. The lowest BCUT2D eigenvalue weighted by atomic mass is 10.2. The average molecular weight is 409 g/mol. The number of fused-ring (bicyclic) bond motifs is 1. The maximum absolute atomic E-state index is 12.0. The molecule has 156 valence electrons. The molecule has 0 aliphatic carbocycles. The summed E-state index contributed by atoms with van der Waals surface area (Å²) < 4.78 is 7.83. The minimum atomic E-state index is -1.14. The summed E-state index contributed by atoms with van der Waals surface area (Å²) in [6.45, 7) is 0.183. The van der Waals surface area contributed by atoms with Crippen LogP contribution in [0.1, 0.15) is 12.0 Å². The van der Waals surface area contributed by atoms with Gasteiger partial charge in [-0.25, -0.2) is 0 Å². The largest absolute Gasteiger partial charge is 0.489 e. The lowest BCUT2D eigenvalue weighted by Gasteiger charge is -2.09. The summed E-state index contributed by atoms with van der Waals surface area (Å²) in [5, 5.41) is 14.2. The monoisotopic (exact) mass is 409 g/mol. The molecule has 0 aliphatic rings. The van der Waals surface area contributed by atoms with Gasteiger partial charge in [0.15, 0.2) is 0 Å². The number of carbonyl (C=O) groups is 3. The molecule has 3 aromatic rings. The molecule has 0 bridgehead atoms. The molecule has 1 aromatic heterocycles. The molecule has 0 saturated carbocycles. The Morgan fingerprint density at radius 3 is 2.47 bits per heavy atom. The van der Waals surface area contributed by atoms with Crippen molar-refractivity contribution < 1.29 is 24.2 Å². The van der Waals surface area contributed by atoms with Crippen LogP contribution in [-0.4, -0.2) is 40.5 Å². The Labute approximate surface area is 173 Å². The van der Waals surface area contributed by atoms with Gasteiger partial charge in [-0.2, -0.15) is 0 Å². The fourth-order valence-corrected chi connectivity index (χ4v) is 2.92. The number of amides is 2. The number of aryl methyl sites for hydroxylation is 1. The van der Waals surface area contributed by atoms with E-state index >= 15 is 0 Å². The summed E-state index contributed by atoms with van der Waals surface area (Å²) in [5.41, 5.74) is 2.03. The van der Waals surface area contributed by atoms with E-state index in [1.165, 1.54) is 0 Å². The standard InChI is InChI=1S/C22H23N3O5/c26-20(23-13-21(27)24-14-22(28)29)9-11-25-10-8-17-6-7-18(12-19(17)25)30-15-16-4-2-1-3-5-16/h1-8,10,12H,9,11,13-15H2,(H,23,26)(H,24,27)(H,28,29). The van der Waals surface area contributed by atoms with E-state index in [2.05, 4.69) is 10.6 Å². The van der Waals surface area contributed by atoms with E-state index < -0.39 is 18.4 Å². The molecule has 0 unspecified atom stereocenters. The maximum atomic E-state index is 12.0. The molecule has 0 radical (unpaired) electrons. The van der Waals surface area contributed by atoms with Gasteiger partial charge in [-0.05, 0) is 29.1 Å². The molecule has 3 rings (SSSR count). The first-order chi connectivity index (χ1) is 14.5. The first-order valence-corrected chi connectivity index (χ1v) is 9.52. The van der Waals surface area contributed by atoms with Gasteiger partial charge in [0.25, 0.3) is 0 Å².